The smallest absolute Gasteiger partial charge is 0.336 e. The molecule has 1 aliphatic heterocycles. The summed E-state index contributed by atoms with van der Waals surface area (Å²) in [5, 5.41) is 10.1. The molecule has 0 amide bonds. The average Bonchev–Trinajstić information content (AvgIpc) is 2.75. The number of nitrogens with zero attached hydrogens (tertiary/aromatic N) is 2. The molecule has 1 fully saturated rings. The van der Waals surface area contributed by atoms with Gasteiger partial charge in [-0.3, -0.25) is 0 Å². The van der Waals surface area contributed by atoms with Crippen molar-refractivity contribution in [3.8, 4) is 0 Å². The van der Waals surface area contributed by atoms with Crippen LogP contribution in [-0.4, -0.2) is 29.1 Å². The second-order valence-corrected chi connectivity index (χ2v) is 5.51. The number of benzene rings is 1. The molecule has 21 heavy (non-hydrogen) atoms. The van der Waals surface area contributed by atoms with Gasteiger partial charge in [0.2, 0.25) is 0 Å². The number of carboxylic acid groups (broad SMARTS) is 1. The van der Waals surface area contributed by atoms with Crippen molar-refractivity contribution in [1.82, 2.24) is 4.98 Å². The summed E-state index contributed by atoms with van der Waals surface area (Å²) in [7, 11) is 0. The fourth-order valence-electron chi connectivity index (χ4n) is 2.87. The van der Waals surface area contributed by atoms with E-state index >= 15 is 0 Å². The number of rotatable bonds is 2. The lowest BCUT2D eigenvalue weighted by molar-refractivity contribution is 0.0699. The Kier molecular flexibility index (Phi) is 3.64. The fraction of sp³-hybridized carbons (Fsp3) is 0.375. The molecule has 0 unspecified atom stereocenters. The molecule has 5 nitrogen and oxygen atoms in total. The number of nitrogens with two attached hydrogens (primary N) is 1. The van der Waals surface area contributed by atoms with Gasteiger partial charge in [0, 0.05) is 24.2 Å². The summed E-state index contributed by atoms with van der Waals surface area (Å²) in [6, 6.07) is 6.90. The first-order valence-electron chi connectivity index (χ1n) is 7.34. The molecule has 110 valence electrons. The number of hydrogen-bond donors (Lipinski definition) is 2. The molecule has 0 saturated carbocycles. The van der Waals surface area contributed by atoms with E-state index in [4.69, 9.17) is 5.73 Å². The average molecular weight is 285 g/mol. The quantitative estimate of drug-likeness (QED) is 0.829. The Balaban J connectivity index is 2.11. The van der Waals surface area contributed by atoms with Crippen LogP contribution >= 0.6 is 0 Å². The zero-order valence-corrected chi connectivity index (χ0v) is 11.9. The van der Waals surface area contributed by atoms with Gasteiger partial charge in [0.05, 0.1) is 11.1 Å². The first kappa shape index (κ1) is 13.7. The van der Waals surface area contributed by atoms with Crippen molar-refractivity contribution in [2.24, 2.45) is 0 Å². The van der Waals surface area contributed by atoms with E-state index in [2.05, 4.69) is 9.88 Å². The van der Waals surface area contributed by atoms with Gasteiger partial charge in [-0.25, -0.2) is 9.78 Å². The van der Waals surface area contributed by atoms with Crippen LogP contribution in [0.5, 0.6) is 0 Å². The highest BCUT2D eigenvalue weighted by Crippen LogP contribution is 2.26. The minimum Gasteiger partial charge on any atom is -0.478 e. The van der Waals surface area contributed by atoms with Crippen LogP contribution in [0.25, 0.3) is 10.9 Å². The van der Waals surface area contributed by atoms with Crippen LogP contribution < -0.4 is 10.6 Å². The fourth-order valence-corrected chi connectivity index (χ4v) is 2.87. The van der Waals surface area contributed by atoms with Gasteiger partial charge in [-0.15, -0.1) is 0 Å². The van der Waals surface area contributed by atoms with Crippen molar-refractivity contribution in [3.63, 3.8) is 0 Å². The van der Waals surface area contributed by atoms with Gasteiger partial charge in [0.15, 0.2) is 0 Å². The van der Waals surface area contributed by atoms with Gasteiger partial charge in [-0.2, -0.15) is 0 Å². The lowest BCUT2D eigenvalue weighted by Crippen LogP contribution is -2.25. The van der Waals surface area contributed by atoms with E-state index in [1.807, 2.05) is 0 Å². The predicted octanol–water partition coefficient (Wildman–Crippen LogP) is 2.90. The highest BCUT2D eigenvalue weighted by atomic mass is 16.4. The topological polar surface area (TPSA) is 79.5 Å². The van der Waals surface area contributed by atoms with Crippen molar-refractivity contribution in [2.75, 3.05) is 23.7 Å². The Hall–Kier alpha value is -2.30. The van der Waals surface area contributed by atoms with Crippen LogP contribution in [0, 0.1) is 0 Å². The van der Waals surface area contributed by atoms with Crippen LogP contribution in [0.1, 0.15) is 36.0 Å². The number of anilines is 2. The van der Waals surface area contributed by atoms with Crippen molar-refractivity contribution in [3.05, 3.63) is 29.8 Å². The highest BCUT2D eigenvalue weighted by Gasteiger charge is 2.17. The largest absolute Gasteiger partial charge is 0.478 e. The Morgan fingerprint density at radius 3 is 2.52 bits per heavy atom. The van der Waals surface area contributed by atoms with Crippen LogP contribution in [0.3, 0.4) is 0 Å². The summed E-state index contributed by atoms with van der Waals surface area (Å²) < 4.78 is 0. The maximum absolute atomic E-state index is 11.5. The molecule has 0 bridgehead atoms. The summed E-state index contributed by atoms with van der Waals surface area (Å²) in [6.07, 6.45) is 4.71. The van der Waals surface area contributed by atoms with Gasteiger partial charge in [0.1, 0.15) is 5.82 Å². The summed E-state index contributed by atoms with van der Waals surface area (Å²) in [4.78, 5) is 18.4. The Bertz CT molecular complexity index is 677. The maximum atomic E-state index is 11.5. The van der Waals surface area contributed by atoms with E-state index < -0.39 is 5.97 Å². The third-order valence-electron chi connectivity index (χ3n) is 3.98. The van der Waals surface area contributed by atoms with Gasteiger partial charge in [-0.05, 0) is 37.1 Å². The molecule has 1 aliphatic rings. The van der Waals surface area contributed by atoms with E-state index in [0.717, 1.165) is 31.7 Å². The van der Waals surface area contributed by atoms with Crippen molar-refractivity contribution in [1.29, 1.82) is 0 Å². The van der Waals surface area contributed by atoms with E-state index in [-0.39, 0.29) is 5.56 Å². The van der Waals surface area contributed by atoms with Gasteiger partial charge in [0.25, 0.3) is 0 Å². The van der Waals surface area contributed by atoms with E-state index in [1.165, 1.54) is 12.8 Å². The summed E-state index contributed by atoms with van der Waals surface area (Å²) in [5.74, 6) is -0.185. The molecule has 3 N–H and O–H groups in total. The molecule has 1 aromatic carbocycles. The number of nitrogen functional groups attached to an aromatic ring is 1. The third-order valence-corrected chi connectivity index (χ3v) is 3.98. The van der Waals surface area contributed by atoms with Crippen molar-refractivity contribution >= 4 is 28.4 Å². The second kappa shape index (κ2) is 5.60. The van der Waals surface area contributed by atoms with Crippen LogP contribution in [0.15, 0.2) is 24.3 Å². The Morgan fingerprint density at radius 2 is 1.86 bits per heavy atom. The number of aromatic carboxylic acids is 1. The molecule has 1 saturated heterocycles. The molecule has 2 aromatic rings. The standard InChI is InChI=1S/C16H19N3O2/c17-11-5-6-14-12(9-11)13(16(20)21)10-15(18-14)19-7-3-1-2-4-8-19/h5-6,9-10H,1-4,7-8,17H2,(H,20,21). The molecular formula is C16H19N3O2. The predicted molar refractivity (Wildman–Crippen MR) is 83.8 cm³/mol. The molecule has 0 spiro atoms. The zero-order valence-electron chi connectivity index (χ0n) is 11.9. The number of aromatic nitrogens is 1. The zero-order chi connectivity index (χ0) is 14.8. The molecule has 2 heterocycles. The summed E-state index contributed by atoms with van der Waals surface area (Å²) in [6.45, 7) is 1.87. The van der Waals surface area contributed by atoms with Crippen LogP contribution in [0.4, 0.5) is 11.5 Å². The second-order valence-electron chi connectivity index (χ2n) is 5.51. The SMILES string of the molecule is Nc1ccc2nc(N3CCCCCC3)cc(C(=O)O)c2c1. The molecule has 5 heteroatoms. The van der Waals surface area contributed by atoms with E-state index in [9.17, 15) is 9.90 Å². The Morgan fingerprint density at radius 1 is 1.14 bits per heavy atom. The first-order chi connectivity index (χ1) is 10.1. The normalized spacial score (nSPS) is 15.9. The summed E-state index contributed by atoms with van der Waals surface area (Å²) in [5.41, 5.74) is 7.27. The molecular weight excluding hydrogens is 266 g/mol. The minimum absolute atomic E-state index is 0.270. The molecule has 3 rings (SSSR count). The van der Waals surface area contributed by atoms with E-state index in [0.29, 0.717) is 16.6 Å². The van der Waals surface area contributed by atoms with Crippen LogP contribution in [0.2, 0.25) is 0 Å². The van der Waals surface area contributed by atoms with Crippen molar-refractivity contribution in [2.45, 2.75) is 25.7 Å². The Labute approximate surface area is 123 Å². The highest BCUT2D eigenvalue weighted by molar-refractivity contribution is 6.04. The maximum Gasteiger partial charge on any atom is 0.336 e. The number of carbonyl (C=O) groups is 1. The molecule has 0 radical (unpaired) electrons. The van der Waals surface area contributed by atoms with Gasteiger partial charge < -0.3 is 15.7 Å². The minimum atomic E-state index is -0.941. The number of hydrogen-bond acceptors (Lipinski definition) is 4. The van der Waals surface area contributed by atoms with E-state index in [1.54, 1.807) is 24.3 Å². The lowest BCUT2D eigenvalue weighted by atomic mass is 10.1. The molecule has 1 aromatic heterocycles. The molecule has 0 aliphatic carbocycles. The van der Waals surface area contributed by atoms with Crippen molar-refractivity contribution < 1.29 is 9.90 Å². The molecule has 0 atom stereocenters. The van der Waals surface area contributed by atoms with Gasteiger partial charge in [-0.1, -0.05) is 12.8 Å². The van der Waals surface area contributed by atoms with Crippen LogP contribution in [-0.2, 0) is 0 Å². The monoisotopic (exact) mass is 285 g/mol. The number of carboxylic acids is 1. The lowest BCUT2D eigenvalue weighted by Gasteiger charge is -2.22. The third kappa shape index (κ3) is 2.77. The van der Waals surface area contributed by atoms with Gasteiger partial charge >= 0.3 is 5.97 Å². The summed E-state index contributed by atoms with van der Waals surface area (Å²) >= 11 is 0. The first-order valence-corrected chi connectivity index (χ1v) is 7.34. The number of pyridine rings is 1. The number of fused-ring (bicyclic) bond motifs is 1.